The third-order valence-corrected chi connectivity index (χ3v) is 5.99. The summed E-state index contributed by atoms with van der Waals surface area (Å²) in [6.07, 6.45) is 6.37. The third kappa shape index (κ3) is 2.22. The first-order chi connectivity index (χ1) is 10.3. The van der Waals surface area contributed by atoms with E-state index in [0.29, 0.717) is 5.92 Å². The number of hydrogen-bond acceptors (Lipinski definition) is 2. The van der Waals surface area contributed by atoms with Crippen molar-refractivity contribution in [3.05, 3.63) is 48.0 Å². The molecule has 1 atom stereocenters. The molecule has 108 valence electrons. The van der Waals surface area contributed by atoms with Crippen molar-refractivity contribution in [1.29, 1.82) is 0 Å². The second-order valence-corrected chi connectivity index (χ2v) is 7.31. The van der Waals surface area contributed by atoms with Crippen LogP contribution in [0.5, 0.6) is 5.75 Å². The average molecular weight is 298 g/mol. The number of benzene rings is 2. The molecule has 2 aliphatic rings. The zero-order valence-electron chi connectivity index (χ0n) is 12.0. The van der Waals surface area contributed by atoms with Gasteiger partial charge in [-0.3, -0.25) is 4.57 Å². The zero-order chi connectivity index (χ0) is 14.2. The minimum atomic E-state index is -2.17. The Morgan fingerprint density at radius 3 is 2.52 bits per heavy atom. The van der Waals surface area contributed by atoms with Crippen LogP contribution >= 0.6 is 8.03 Å². The maximum atomic E-state index is 12.4. The van der Waals surface area contributed by atoms with Crippen LogP contribution in [0.1, 0.15) is 43.6 Å². The lowest BCUT2D eigenvalue weighted by Crippen LogP contribution is -2.13. The fraction of sp³-hybridized carbons (Fsp3) is 0.333. The van der Waals surface area contributed by atoms with E-state index < -0.39 is 8.03 Å². The molecule has 1 aliphatic heterocycles. The van der Waals surface area contributed by atoms with Gasteiger partial charge in [-0.15, -0.1) is 0 Å². The smallest absolute Gasteiger partial charge is 0.266 e. The van der Waals surface area contributed by atoms with Crippen molar-refractivity contribution >= 4 is 13.3 Å². The van der Waals surface area contributed by atoms with E-state index >= 15 is 0 Å². The minimum Gasteiger partial charge on any atom is -0.441 e. The molecule has 2 aromatic carbocycles. The van der Waals surface area contributed by atoms with Gasteiger partial charge in [-0.25, -0.2) is 0 Å². The summed E-state index contributed by atoms with van der Waals surface area (Å²) in [6, 6.07) is 14.3. The van der Waals surface area contributed by atoms with Crippen LogP contribution in [0, 0.1) is 0 Å². The highest BCUT2D eigenvalue weighted by Crippen LogP contribution is 2.48. The molecule has 4 rings (SSSR count). The summed E-state index contributed by atoms with van der Waals surface area (Å²) < 4.78 is 18.3. The molecular weight excluding hydrogens is 279 g/mol. The topological polar surface area (TPSA) is 26.3 Å². The lowest BCUT2D eigenvalue weighted by molar-refractivity contribution is 0.432. The van der Waals surface area contributed by atoms with Crippen molar-refractivity contribution in [3.8, 4) is 16.9 Å². The molecule has 3 heteroatoms. The van der Waals surface area contributed by atoms with E-state index in [1.54, 1.807) is 0 Å². The molecule has 2 aromatic rings. The Morgan fingerprint density at radius 1 is 0.905 bits per heavy atom. The highest BCUT2D eigenvalue weighted by molar-refractivity contribution is 7.49. The Kier molecular flexibility index (Phi) is 3.35. The summed E-state index contributed by atoms with van der Waals surface area (Å²) in [5.41, 5.74) is 3.46. The molecule has 1 unspecified atom stereocenters. The second-order valence-electron chi connectivity index (χ2n) is 5.99. The largest absolute Gasteiger partial charge is 0.441 e. The van der Waals surface area contributed by atoms with Crippen LogP contribution in [-0.2, 0) is 4.57 Å². The van der Waals surface area contributed by atoms with Crippen molar-refractivity contribution in [3.63, 3.8) is 0 Å². The first-order valence-corrected chi connectivity index (χ1v) is 9.11. The van der Waals surface area contributed by atoms with Crippen molar-refractivity contribution in [2.45, 2.75) is 38.0 Å². The predicted octanol–water partition coefficient (Wildman–Crippen LogP) is 4.89. The molecule has 0 aromatic heterocycles. The molecule has 1 fully saturated rings. The van der Waals surface area contributed by atoms with Crippen LogP contribution < -0.4 is 9.83 Å². The molecule has 1 aliphatic carbocycles. The Labute approximate surface area is 126 Å². The van der Waals surface area contributed by atoms with Gasteiger partial charge in [-0.05, 0) is 36.0 Å². The molecule has 1 saturated carbocycles. The quantitative estimate of drug-likeness (QED) is 0.700. The SMILES string of the molecule is O=[PH]1Oc2c(cccc2C2CCCCC2)-c2ccccc21. The van der Waals surface area contributed by atoms with Gasteiger partial charge in [-0.2, -0.15) is 0 Å². The molecule has 0 radical (unpaired) electrons. The number of para-hydroxylation sites is 1. The highest BCUT2D eigenvalue weighted by Gasteiger charge is 2.27. The summed E-state index contributed by atoms with van der Waals surface area (Å²) in [4.78, 5) is 0. The van der Waals surface area contributed by atoms with Crippen LogP contribution in [0.25, 0.3) is 11.1 Å². The monoisotopic (exact) mass is 298 g/mol. The maximum absolute atomic E-state index is 12.4. The van der Waals surface area contributed by atoms with E-state index in [2.05, 4.69) is 24.3 Å². The Morgan fingerprint density at radius 2 is 1.67 bits per heavy atom. The Balaban J connectivity index is 1.86. The molecule has 21 heavy (non-hydrogen) atoms. The first-order valence-electron chi connectivity index (χ1n) is 7.79. The Bertz CT molecular complexity index is 702. The molecule has 0 spiro atoms. The van der Waals surface area contributed by atoms with Gasteiger partial charge >= 0.3 is 0 Å². The van der Waals surface area contributed by atoms with Gasteiger partial charge in [0, 0.05) is 5.56 Å². The predicted molar refractivity (Wildman–Crippen MR) is 87.0 cm³/mol. The lowest BCUT2D eigenvalue weighted by Gasteiger charge is -2.28. The fourth-order valence-corrected chi connectivity index (χ4v) is 4.85. The average Bonchev–Trinajstić information content (AvgIpc) is 2.56. The lowest BCUT2D eigenvalue weighted by atomic mass is 9.82. The number of fused-ring (bicyclic) bond motifs is 3. The summed E-state index contributed by atoms with van der Waals surface area (Å²) in [7, 11) is -2.17. The van der Waals surface area contributed by atoms with E-state index in [4.69, 9.17) is 4.52 Å². The van der Waals surface area contributed by atoms with Gasteiger partial charge in [0.1, 0.15) is 5.75 Å². The molecule has 1 heterocycles. The fourth-order valence-electron chi connectivity index (χ4n) is 3.66. The van der Waals surface area contributed by atoms with Crippen LogP contribution in [0.15, 0.2) is 42.5 Å². The highest BCUT2D eigenvalue weighted by atomic mass is 31.1. The molecule has 2 nitrogen and oxygen atoms in total. The summed E-state index contributed by atoms with van der Waals surface area (Å²) >= 11 is 0. The van der Waals surface area contributed by atoms with Crippen molar-refractivity contribution in [2.24, 2.45) is 0 Å². The summed E-state index contributed by atoms with van der Waals surface area (Å²) in [6.45, 7) is 0. The van der Waals surface area contributed by atoms with E-state index in [9.17, 15) is 4.57 Å². The number of hydrogen-bond donors (Lipinski definition) is 0. The normalized spacial score (nSPS) is 21.2. The van der Waals surface area contributed by atoms with Gasteiger partial charge in [0.2, 0.25) is 0 Å². The zero-order valence-corrected chi connectivity index (χ0v) is 13.0. The molecule has 0 amide bonds. The number of rotatable bonds is 1. The maximum Gasteiger partial charge on any atom is 0.266 e. The molecule has 0 N–H and O–H groups in total. The van der Waals surface area contributed by atoms with E-state index in [0.717, 1.165) is 22.2 Å². The van der Waals surface area contributed by atoms with Gasteiger partial charge in [0.25, 0.3) is 8.03 Å². The van der Waals surface area contributed by atoms with Gasteiger partial charge < -0.3 is 4.52 Å². The van der Waals surface area contributed by atoms with E-state index in [1.807, 2.05) is 18.2 Å². The molecular formula is C18H19O2P. The van der Waals surface area contributed by atoms with E-state index in [1.165, 1.54) is 37.7 Å². The van der Waals surface area contributed by atoms with Crippen LogP contribution in [0.4, 0.5) is 0 Å². The summed E-state index contributed by atoms with van der Waals surface area (Å²) in [5, 5.41) is 0.857. The summed E-state index contributed by atoms with van der Waals surface area (Å²) in [5.74, 6) is 1.45. The van der Waals surface area contributed by atoms with Crippen molar-refractivity contribution in [2.75, 3.05) is 0 Å². The van der Waals surface area contributed by atoms with Gasteiger partial charge in [0.15, 0.2) is 0 Å². The minimum absolute atomic E-state index is 0.564. The Hall–Kier alpha value is -1.53. The van der Waals surface area contributed by atoms with E-state index in [-0.39, 0.29) is 0 Å². The van der Waals surface area contributed by atoms with Gasteiger partial charge in [-0.1, -0.05) is 55.7 Å². The second kappa shape index (κ2) is 5.35. The molecule has 0 saturated heterocycles. The van der Waals surface area contributed by atoms with Crippen LogP contribution in [0.2, 0.25) is 0 Å². The van der Waals surface area contributed by atoms with Crippen LogP contribution in [0.3, 0.4) is 0 Å². The van der Waals surface area contributed by atoms with Gasteiger partial charge in [0.05, 0.1) is 5.30 Å². The van der Waals surface area contributed by atoms with Crippen molar-refractivity contribution < 1.29 is 9.09 Å². The third-order valence-electron chi connectivity index (χ3n) is 4.72. The standard InChI is InChI=1S/C18H19O2P/c19-21-17-12-5-4-9-15(17)16-11-6-10-14(18(16)20-21)13-7-2-1-3-8-13/h4-6,9-13,21H,1-3,7-8H2. The molecule has 0 bridgehead atoms. The van der Waals surface area contributed by atoms with Crippen molar-refractivity contribution in [1.82, 2.24) is 0 Å². The first kappa shape index (κ1) is 13.2. The van der Waals surface area contributed by atoms with Crippen LogP contribution in [-0.4, -0.2) is 0 Å².